The molecule has 0 amide bonds. The summed E-state index contributed by atoms with van der Waals surface area (Å²) in [6.45, 7) is 0. The van der Waals surface area contributed by atoms with Crippen molar-refractivity contribution in [1.82, 2.24) is 4.98 Å². The Morgan fingerprint density at radius 2 is 1.78 bits per heavy atom. The van der Waals surface area contributed by atoms with Crippen LogP contribution in [0.15, 0.2) is 24.4 Å². The molecule has 0 saturated carbocycles. The van der Waals surface area contributed by atoms with Crippen LogP contribution in [0.5, 0.6) is 0 Å². The largest absolute Gasteiger partial charge is 0.383 e. The minimum absolute atomic E-state index is 0.239. The third-order valence-electron chi connectivity index (χ3n) is 2.37. The lowest BCUT2D eigenvalue weighted by atomic mass is 10.0. The van der Waals surface area contributed by atoms with Gasteiger partial charge in [0.15, 0.2) is 0 Å². The van der Waals surface area contributed by atoms with Gasteiger partial charge in [0.1, 0.15) is 5.82 Å². The van der Waals surface area contributed by atoms with Gasteiger partial charge in [0.25, 0.3) is 0 Å². The zero-order valence-corrected chi connectivity index (χ0v) is 11.2. The zero-order valence-electron chi connectivity index (χ0n) is 8.92. The van der Waals surface area contributed by atoms with Gasteiger partial charge in [0, 0.05) is 11.8 Å². The standard InChI is InChI=1S/C12H6Cl3N3/c13-8-3-7(4-9(14)11(8)15)10-6(5-16)1-2-18-12(10)17/h1-4H,(H2,17,18). The lowest BCUT2D eigenvalue weighted by molar-refractivity contribution is 1.32. The highest BCUT2D eigenvalue weighted by atomic mass is 35.5. The molecule has 1 aromatic carbocycles. The van der Waals surface area contributed by atoms with E-state index in [-0.39, 0.29) is 10.8 Å². The third-order valence-corrected chi connectivity index (χ3v) is 3.57. The fraction of sp³-hybridized carbons (Fsp3) is 0. The Morgan fingerprint density at radius 1 is 1.17 bits per heavy atom. The number of anilines is 1. The fourth-order valence-electron chi connectivity index (χ4n) is 1.57. The normalized spacial score (nSPS) is 10.1. The summed E-state index contributed by atoms with van der Waals surface area (Å²) in [5, 5.41) is 9.93. The van der Waals surface area contributed by atoms with Gasteiger partial charge in [-0.2, -0.15) is 5.26 Å². The molecule has 2 N–H and O–H groups in total. The zero-order chi connectivity index (χ0) is 13.3. The van der Waals surface area contributed by atoms with E-state index in [0.29, 0.717) is 26.7 Å². The lowest BCUT2D eigenvalue weighted by Crippen LogP contribution is -1.96. The summed E-state index contributed by atoms with van der Waals surface area (Å²) in [5.74, 6) is 0.239. The highest BCUT2D eigenvalue weighted by Crippen LogP contribution is 2.37. The first-order valence-corrected chi connectivity index (χ1v) is 5.97. The molecule has 0 radical (unpaired) electrons. The summed E-state index contributed by atoms with van der Waals surface area (Å²) in [5.41, 5.74) is 7.29. The predicted octanol–water partition coefficient (Wildman–Crippen LogP) is 4.16. The van der Waals surface area contributed by atoms with Crippen LogP contribution in [0.1, 0.15) is 5.56 Å². The van der Waals surface area contributed by atoms with Crippen LogP contribution in [0.2, 0.25) is 15.1 Å². The van der Waals surface area contributed by atoms with Crippen LogP contribution < -0.4 is 5.73 Å². The maximum atomic E-state index is 9.07. The topological polar surface area (TPSA) is 62.7 Å². The van der Waals surface area contributed by atoms with Crippen molar-refractivity contribution in [3.05, 3.63) is 45.0 Å². The van der Waals surface area contributed by atoms with E-state index >= 15 is 0 Å². The molecule has 3 nitrogen and oxygen atoms in total. The van der Waals surface area contributed by atoms with Gasteiger partial charge in [-0.05, 0) is 23.8 Å². The van der Waals surface area contributed by atoms with Crippen molar-refractivity contribution < 1.29 is 0 Å². The molecule has 0 unspecified atom stereocenters. The van der Waals surface area contributed by atoms with Crippen molar-refractivity contribution >= 4 is 40.6 Å². The number of nitrogens with two attached hydrogens (primary N) is 1. The molecule has 1 heterocycles. The van der Waals surface area contributed by atoms with Gasteiger partial charge in [0.05, 0.1) is 26.7 Å². The average Bonchev–Trinajstić information content (AvgIpc) is 2.35. The molecule has 0 aliphatic rings. The molecule has 0 aliphatic heterocycles. The van der Waals surface area contributed by atoms with Gasteiger partial charge in [-0.25, -0.2) is 4.98 Å². The van der Waals surface area contributed by atoms with Crippen molar-refractivity contribution in [1.29, 1.82) is 5.26 Å². The Morgan fingerprint density at radius 3 is 2.33 bits per heavy atom. The molecule has 2 aromatic rings. The van der Waals surface area contributed by atoms with Crippen molar-refractivity contribution in [3.8, 4) is 17.2 Å². The van der Waals surface area contributed by atoms with Crippen LogP contribution in [-0.2, 0) is 0 Å². The SMILES string of the molecule is N#Cc1ccnc(N)c1-c1cc(Cl)c(Cl)c(Cl)c1. The van der Waals surface area contributed by atoms with Gasteiger partial charge in [-0.15, -0.1) is 0 Å². The molecule has 0 bridgehead atoms. The molecule has 0 atom stereocenters. The van der Waals surface area contributed by atoms with E-state index in [0.717, 1.165) is 0 Å². The maximum absolute atomic E-state index is 9.07. The molecule has 0 spiro atoms. The van der Waals surface area contributed by atoms with Crippen LogP contribution in [-0.4, -0.2) is 4.98 Å². The van der Waals surface area contributed by atoms with Crippen LogP contribution >= 0.6 is 34.8 Å². The van der Waals surface area contributed by atoms with Crippen molar-refractivity contribution in [2.75, 3.05) is 5.73 Å². The van der Waals surface area contributed by atoms with Gasteiger partial charge in [-0.3, -0.25) is 0 Å². The van der Waals surface area contributed by atoms with Crippen LogP contribution in [0.4, 0.5) is 5.82 Å². The first-order valence-electron chi connectivity index (χ1n) is 4.84. The first kappa shape index (κ1) is 13.0. The minimum Gasteiger partial charge on any atom is -0.383 e. The van der Waals surface area contributed by atoms with Crippen molar-refractivity contribution in [2.24, 2.45) is 0 Å². The average molecular weight is 299 g/mol. The Balaban J connectivity index is 2.74. The Kier molecular flexibility index (Phi) is 3.63. The van der Waals surface area contributed by atoms with Crippen molar-refractivity contribution in [3.63, 3.8) is 0 Å². The number of hydrogen-bond donors (Lipinski definition) is 1. The van der Waals surface area contributed by atoms with Crippen LogP contribution in [0.25, 0.3) is 11.1 Å². The summed E-state index contributed by atoms with van der Waals surface area (Å²) < 4.78 is 0. The second-order valence-corrected chi connectivity index (χ2v) is 4.68. The number of nitrogen functional groups attached to an aromatic ring is 1. The van der Waals surface area contributed by atoms with Gasteiger partial charge >= 0.3 is 0 Å². The molecule has 0 aliphatic carbocycles. The molecule has 18 heavy (non-hydrogen) atoms. The third kappa shape index (κ3) is 2.23. The summed E-state index contributed by atoms with van der Waals surface area (Å²) >= 11 is 17.8. The number of aromatic nitrogens is 1. The molecule has 0 fully saturated rings. The molecular weight excluding hydrogens is 293 g/mol. The number of halogens is 3. The second kappa shape index (κ2) is 5.03. The number of rotatable bonds is 1. The molecule has 0 saturated heterocycles. The van der Waals surface area contributed by atoms with E-state index in [9.17, 15) is 0 Å². The maximum Gasteiger partial charge on any atom is 0.132 e. The van der Waals surface area contributed by atoms with E-state index < -0.39 is 0 Å². The molecule has 2 rings (SSSR count). The summed E-state index contributed by atoms with van der Waals surface area (Å²) in [4.78, 5) is 3.95. The smallest absolute Gasteiger partial charge is 0.132 e. The van der Waals surface area contributed by atoms with Gasteiger partial charge in [-0.1, -0.05) is 34.8 Å². The summed E-state index contributed by atoms with van der Waals surface area (Å²) in [6, 6.07) is 6.82. The van der Waals surface area contributed by atoms with E-state index in [2.05, 4.69) is 4.98 Å². The van der Waals surface area contributed by atoms with E-state index in [1.807, 2.05) is 6.07 Å². The van der Waals surface area contributed by atoms with Crippen LogP contribution in [0.3, 0.4) is 0 Å². The number of pyridine rings is 1. The Bertz CT molecular complexity index is 639. The molecular formula is C12H6Cl3N3. The first-order chi connectivity index (χ1) is 8.54. The highest BCUT2D eigenvalue weighted by molar-refractivity contribution is 6.48. The quantitative estimate of drug-likeness (QED) is 0.804. The molecule has 1 aromatic heterocycles. The Hall–Kier alpha value is -1.47. The summed E-state index contributed by atoms with van der Waals surface area (Å²) in [6.07, 6.45) is 1.47. The molecule has 6 heteroatoms. The van der Waals surface area contributed by atoms with Crippen molar-refractivity contribution in [2.45, 2.75) is 0 Å². The summed E-state index contributed by atoms with van der Waals surface area (Å²) in [7, 11) is 0. The van der Waals surface area contributed by atoms with E-state index in [4.69, 9.17) is 45.8 Å². The monoisotopic (exact) mass is 297 g/mol. The van der Waals surface area contributed by atoms with Gasteiger partial charge in [0.2, 0.25) is 0 Å². The second-order valence-electron chi connectivity index (χ2n) is 3.48. The van der Waals surface area contributed by atoms with Gasteiger partial charge < -0.3 is 5.73 Å². The molecule has 90 valence electrons. The number of nitriles is 1. The van der Waals surface area contributed by atoms with E-state index in [1.165, 1.54) is 6.20 Å². The highest BCUT2D eigenvalue weighted by Gasteiger charge is 2.13. The number of nitrogens with zero attached hydrogens (tertiary/aromatic N) is 2. The number of benzene rings is 1. The Labute approximate surface area is 119 Å². The fourth-order valence-corrected chi connectivity index (χ4v) is 2.17. The minimum atomic E-state index is 0.239. The lowest BCUT2D eigenvalue weighted by Gasteiger charge is -2.09. The van der Waals surface area contributed by atoms with Crippen LogP contribution in [0, 0.1) is 11.3 Å². The predicted molar refractivity (Wildman–Crippen MR) is 73.8 cm³/mol. The van der Waals surface area contributed by atoms with E-state index in [1.54, 1.807) is 18.2 Å². The number of hydrogen-bond acceptors (Lipinski definition) is 3.